The first-order chi connectivity index (χ1) is 11.3. The normalized spacial score (nSPS) is 11.8. The molecule has 3 N–H and O–H groups in total. The summed E-state index contributed by atoms with van der Waals surface area (Å²) in [6.45, 7) is -0.0629. The highest BCUT2D eigenvalue weighted by Gasteiger charge is 2.17. The lowest BCUT2D eigenvalue weighted by molar-refractivity contribution is 0.0939. The fourth-order valence-electron chi connectivity index (χ4n) is 2.02. The summed E-state index contributed by atoms with van der Waals surface area (Å²) in [7, 11) is 0. The second-order valence-electron chi connectivity index (χ2n) is 4.94. The molecule has 0 radical (unpaired) electrons. The van der Waals surface area contributed by atoms with Crippen LogP contribution in [0.5, 0.6) is 0 Å². The molecule has 1 heterocycles. The highest BCUT2D eigenvalue weighted by molar-refractivity contribution is 9.10. The van der Waals surface area contributed by atoms with E-state index in [4.69, 9.17) is 5.11 Å². The van der Waals surface area contributed by atoms with Crippen LogP contribution in [0.2, 0.25) is 0 Å². The van der Waals surface area contributed by atoms with Gasteiger partial charge in [-0.1, -0.05) is 6.07 Å². The van der Waals surface area contributed by atoms with E-state index in [1.165, 1.54) is 17.4 Å². The minimum atomic E-state index is -1.24. The van der Waals surface area contributed by atoms with E-state index in [1.807, 2.05) is 0 Å². The number of amides is 2. The van der Waals surface area contributed by atoms with Gasteiger partial charge in [-0.3, -0.25) is 4.79 Å². The van der Waals surface area contributed by atoms with Crippen LogP contribution in [0.3, 0.4) is 0 Å². The molecule has 0 bridgehead atoms. The first kappa shape index (κ1) is 18.3. The van der Waals surface area contributed by atoms with Gasteiger partial charge in [0, 0.05) is 16.4 Å². The summed E-state index contributed by atoms with van der Waals surface area (Å²) in [6.07, 6.45) is -1.09. The van der Waals surface area contributed by atoms with Crippen molar-refractivity contribution in [2.24, 2.45) is 0 Å². The quantitative estimate of drug-likeness (QED) is 0.672. The van der Waals surface area contributed by atoms with Gasteiger partial charge in [-0.15, -0.1) is 11.3 Å². The topological polar surface area (TPSA) is 78.4 Å². The Morgan fingerprint density at radius 2 is 2.00 bits per heavy atom. The number of hydrogen-bond acceptors (Lipinski definition) is 3. The zero-order valence-electron chi connectivity index (χ0n) is 12.2. The Labute approximate surface area is 148 Å². The van der Waals surface area contributed by atoms with Crippen LogP contribution in [0.25, 0.3) is 0 Å². The molecule has 0 aliphatic heterocycles. The van der Waals surface area contributed by atoms with Crippen molar-refractivity contribution in [1.82, 2.24) is 10.6 Å². The van der Waals surface area contributed by atoms with Crippen molar-refractivity contribution < 1.29 is 23.5 Å². The van der Waals surface area contributed by atoms with Gasteiger partial charge in [-0.2, -0.15) is 0 Å². The monoisotopic (exact) mass is 418 g/mol. The van der Waals surface area contributed by atoms with Crippen molar-refractivity contribution in [3.63, 3.8) is 0 Å². The number of halogens is 3. The molecule has 9 heteroatoms. The van der Waals surface area contributed by atoms with Gasteiger partial charge >= 0.3 is 6.09 Å². The highest BCUT2D eigenvalue weighted by atomic mass is 79.9. The molecule has 0 fully saturated rings. The van der Waals surface area contributed by atoms with Crippen LogP contribution >= 0.6 is 27.3 Å². The summed E-state index contributed by atoms with van der Waals surface area (Å²) in [6, 6.07) is 4.43. The van der Waals surface area contributed by atoms with Gasteiger partial charge in [0.2, 0.25) is 0 Å². The molecular weight excluding hydrogens is 406 g/mol. The van der Waals surface area contributed by atoms with E-state index in [0.717, 1.165) is 16.6 Å². The van der Waals surface area contributed by atoms with Gasteiger partial charge in [-0.05, 0) is 46.1 Å². The van der Waals surface area contributed by atoms with Crippen LogP contribution in [0, 0.1) is 11.6 Å². The van der Waals surface area contributed by atoms with E-state index in [0.29, 0.717) is 10.4 Å². The van der Waals surface area contributed by atoms with Crippen LogP contribution in [-0.4, -0.2) is 29.7 Å². The third kappa shape index (κ3) is 5.27. The molecule has 1 aromatic heterocycles. The van der Waals surface area contributed by atoms with Crippen molar-refractivity contribution in [2.45, 2.75) is 12.5 Å². The maximum absolute atomic E-state index is 13.3. The number of rotatable bonds is 6. The Morgan fingerprint density at radius 1 is 1.25 bits per heavy atom. The molecule has 128 valence electrons. The van der Waals surface area contributed by atoms with Gasteiger partial charge in [-0.25, -0.2) is 13.6 Å². The van der Waals surface area contributed by atoms with Crippen molar-refractivity contribution in [2.75, 3.05) is 6.54 Å². The second-order valence-corrected chi connectivity index (χ2v) is 6.77. The molecule has 2 aromatic rings. The van der Waals surface area contributed by atoms with Crippen molar-refractivity contribution >= 4 is 39.3 Å². The third-order valence-electron chi connectivity index (χ3n) is 3.09. The van der Waals surface area contributed by atoms with Gasteiger partial charge in [0.1, 0.15) is 0 Å². The average Bonchev–Trinajstić information content (AvgIpc) is 2.95. The fourth-order valence-corrected chi connectivity index (χ4v) is 3.35. The van der Waals surface area contributed by atoms with E-state index >= 15 is 0 Å². The molecule has 0 aliphatic rings. The molecule has 0 saturated carbocycles. The van der Waals surface area contributed by atoms with Gasteiger partial charge in [0.15, 0.2) is 11.6 Å². The molecule has 2 rings (SSSR count). The molecule has 0 spiro atoms. The first-order valence-corrected chi connectivity index (χ1v) is 8.48. The van der Waals surface area contributed by atoms with E-state index in [-0.39, 0.29) is 18.9 Å². The molecule has 2 amide bonds. The zero-order chi connectivity index (χ0) is 17.7. The zero-order valence-corrected chi connectivity index (χ0v) is 14.6. The van der Waals surface area contributed by atoms with E-state index in [1.54, 1.807) is 11.4 Å². The van der Waals surface area contributed by atoms with Gasteiger partial charge in [0.25, 0.3) is 5.91 Å². The molecule has 1 atom stereocenters. The Bertz CT molecular complexity index is 754. The number of carbonyl (C=O) groups is 2. The Kier molecular flexibility index (Phi) is 6.27. The fraction of sp³-hybridized carbons (Fsp3) is 0.200. The van der Waals surface area contributed by atoms with E-state index in [9.17, 15) is 18.4 Å². The van der Waals surface area contributed by atoms with Gasteiger partial charge < -0.3 is 15.7 Å². The number of carbonyl (C=O) groups excluding carboxylic acids is 1. The lowest BCUT2D eigenvalue weighted by Crippen LogP contribution is -2.44. The lowest BCUT2D eigenvalue weighted by Gasteiger charge is -2.18. The molecule has 0 unspecified atom stereocenters. The smallest absolute Gasteiger partial charge is 0.404 e. The standard InChI is InChI=1S/C15H13BrF2N2O3S/c16-9-5-13(24-7-9)14(21)20-10(6-19-15(22)23)3-8-1-2-11(17)12(18)4-8/h1-2,4-5,7,10,19H,3,6H2,(H,20,21)(H,22,23)/t10-/m0/s1. The summed E-state index contributed by atoms with van der Waals surface area (Å²) in [5.74, 6) is -2.33. The predicted molar refractivity (Wildman–Crippen MR) is 89.4 cm³/mol. The van der Waals surface area contributed by atoms with Crippen LogP contribution in [0.4, 0.5) is 13.6 Å². The van der Waals surface area contributed by atoms with Crippen LogP contribution in [0.1, 0.15) is 15.2 Å². The van der Waals surface area contributed by atoms with Crippen LogP contribution in [-0.2, 0) is 6.42 Å². The van der Waals surface area contributed by atoms with E-state index in [2.05, 4.69) is 26.6 Å². The SMILES string of the molecule is O=C(O)NC[C@H](Cc1ccc(F)c(F)c1)NC(=O)c1cc(Br)cs1. The Hall–Kier alpha value is -2.00. The maximum Gasteiger partial charge on any atom is 0.404 e. The molecule has 24 heavy (non-hydrogen) atoms. The largest absolute Gasteiger partial charge is 0.465 e. The molecule has 0 saturated heterocycles. The number of carboxylic acid groups (broad SMARTS) is 1. The van der Waals surface area contributed by atoms with Crippen molar-refractivity contribution in [3.8, 4) is 0 Å². The number of nitrogens with one attached hydrogen (secondary N) is 2. The summed E-state index contributed by atoms with van der Waals surface area (Å²) in [5, 5.41) is 15.3. The number of benzene rings is 1. The average molecular weight is 419 g/mol. The first-order valence-electron chi connectivity index (χ1n) is 6.80. The molecule has 1 aromatic carbocycles. The Balaban J connectivity index is 2.09. The minimum Gasteiger partial charge on any atom is -0.465 e. The summed E-state index contributed by atoms with van der Waals surface area (Å²) < 4.78 is 27.0. The molecular formula is C15H13BrF2N2O3S. The lowest BCUT2D eigenvalue weighted by atomic mass is 10.1. The van der Waals surface area contributed by atoms with E-state index < -0.39 is 23.8 Å². The highest BCUT2D eigenvalue weighted by Crippen LogP contribution is 2.20. The predicted octanol–water partition coefficient (Wildman–Crippen LogP) is 3.40. The second kappa shape index (κ2) is 8.20. The summed E-state index contributed by atoms with van der Waals surface area (Å²) in [5.41, 5.74) is 0.443. The van der Waals surface area contributed by atoms with Crippen molar-refractivity contribution in [3.05, 3.63) is 56.2 Å². The third-order valence-corrected chi connectivity index (χ3v) is 4.78. The van der Waals surface area contributed by atoms with Crippen LogP contribution in [0.15, 0.2) is 34.1 Å². The summed E-state index contributed by atoms with van der Waals surface area (Å²) >= 11 is 4.48. The molecule has 5 nitrogen and oxygen atoms in total. The number of hydrogen-bond donors (Lipinski definition) is 3. The van der Waals surface area contributed by atoms with Crippen molar-refractivity contribution in [1.29, 1.82) is 0 Å². The van der Waals surface area contributed by atoms with Gasteiger partial charge in [0.05, 0.1) is 10.9 Å². The van der Waals surface area contributed by atoms with Crippen LogP contribution < -0.4 is 10.6 Å². The number of thiophene rings is 1. The Morgan fingerprint density at radius 3 is 2.58 bits per heavy atom. The molecule has 0 aliphatic carbocycles. The maximum atomic E-state index is 13.3. The summed E-state index contributed by atoms with van der Waals surface area (Å²) in [4.78, 5) is 23.3. The minimum absolute atomic E-state index is 0.0629.